The van der Waals surface area contributed by atoms with Crippen molar-refractivity contribution in [2.75, 3.05) is 19.6 Å². The minimum atomic E-state index is -0.482. The predicted octanol–water partition coefficient (Wildman–Crippen LogP) is 2.91. The third-order valence-corrected chi connectivity index (χ3v) is 4.24. The summed E-state index contributed by atoms with van der Waals surface area (Å²) in [5, 5.41) is 3.75. The van der Waals surface area contributed by atoms with Crippen LogP contribution in [0.5, 0.6) is 0 Å². The van der Waals surface area contributed by atoms with Gasteiger partial charge in [-0.2, -0.15) is 4.39 Å². The molecule has 0 radical (unpaired) electrons. The number of ether oxygens (including phenoxy) is 1. The third-order valence-electron chi connectivity index (χ3n) is 4.24. The monoisotopic (exact) mass is 348 g/mol. The van der Waals surface area contributed by atoms with Crippen molar-refractivity contribution < 1.29 is 13.9 Å². The van der Waals surface area contributed by atoms with E-state index < -0.39 is 11.5 Å². The van der Waals surface area contributed by atoms with E-state index >= 15 is 0 Å². The minimum Gasteiger partial charge on any atom is -0.444 e. The van der Waals surface area contributed by atoms with E-state index in [-0.39, 0.29) is 12.1 Å². The number of pyridine rings is 1. The Morgan fingerprint density at radius 2 is 2.12 bits per heavy atom. The molecule has 0 saturated carbocycles. The molecule has 0 bridgehead atoms. The average molecular weight is 348 g/mol. The van der Waals surface area contributed by atoms with Gasteiger partial charge in [0.1, 0.15) is 5.60 Å². The number of nitrogens with zero attached hydrogens (tertiary/aromatic N) is 4. The molecule has 3 rings (SSSR count). The quantitative estimate of drug-likeness (QED) is 0.837. The largest absolute Gasteiger partial charge is 0.444 e. The molecule has 1 aliphatic heterocycles. The van der Waals surface area contributed by atoms with Gasteiger partial charge in [-0.1, -0.05) is 0 Å². The summed E-state index contributed by atoms with van der Waals surface area (Å²) in [5.74, 6) is -0.475. The van der Waals surface area contributed by atoms with Crippen LogP contribution in [0.4, 0.5) is 9.18 Å². The molecule has 1 saturated heterocycles. The molecule has 25 heavy (non-hydrogen) atoms. The summed E-state index contributed by atoms with van der Waals surface area (Å²) in [6.45, 7) is 10.6. The zero-order valence-electron chi connectivity index (χ0n) is 15.2. The van der Waals surface area contributed by atoms with E-state index in [1.165, 1.54) is 10.6 Å². The second kappa shape index (κ2) is 6.63. The van der Waals surface area contributed by atoms with Gasteiger partial charge < -0.3 is 9.64 Å². The third kappa shape index (κ3) is 4.28. The van der Waals surface area contributed by atoms with E-state index in [4.69, 9.17) is 4.74 Å². The van der Waals surface area contributed by atoms with Gasteiger partial charge in [0, 0.05) is 44.5 Å². The smallest absolute Gasteiger partial charge is 0.410 e. The Morgan fingerprint density at radius 3 is 2.80 bits per heavy atom. The molecule has 136 valence electrons. The molecule has 0 spiro atoms. The highest BCUT2D eigenvalue weighted by Gasteiger charge is 2.30. The standard InChI is InChI=1S/C18H25FN4O2/c1-13-11-21(7-8-22(13)17(24)25-18(2,3)4)12-14-5-6-23-15(9-14)10-16(19)20-23/h5-6,9-10,13H,7-8,11-12H2,1-4H3/t13-/m0/s1. The van der Waals surface area contributed by atoms with Crippen LogP contribution >= 0.6 is 0 Å². The predicted molar refractivity (Wildman–Crippen MR) is 92.8 cm³/mol. The van der Waals surface area contributed by atoms with Crippen molar-refractivity contribution in [2.45, 2.75) is 45.9 Å². The molecule has 0 N–H and O–H groups in total. The number of hydrogen-bond donors (Lipinski definition) is 0. The molecule has 0 aliphatic carbocycles. The van der Waals surface area contributed by atoms with Crippen molar-refractivity contribution in [1.29, 1.82) is 0 Å². The van der Waals surface area contributed by atoms with Gasteiger partial charge in [0.25, 0.3) is 0 Å². The molecule has 2 aromatic rings. The summed E-state index contributed by atoms with van der Waals surface area (Å²) in [6.07, 6.45) is 1.52. The van der Waals surface area contributed by atoms with Gasteiger partial charge in [-0.05, 0) is 45.4 Å². The Kier molecular flexibility index (Phi) is 4.69. The van der Waals surface area contributed by atoms with E-state index in [0.717, 1.165) is 30.7 Å². The zero-order chi connectivity index (χ0) is 18.2. The Bertz CT molecular complexity index is 768. The lowest BCUT2D eigenvalue weighted by atomic mass is 10.1. The van der Waals surface area contributed by atoms with E-state index in [1.54, 1.807) is 11.1 Å². The summed E-state index contributed by atoms with van der Waals surface area (Å²) in [5.41, 5.74) is 1.37. The van der Waals surface area contributed by atoms with Crippen LogP contribution in [0.25, 0.3) is 5.52 Å². The summed E-state index contributed by atoms with van der Waals surface area (Å²) < 4.78 is 20.2. The van der Waals surface area contributed by atoms with Gasteiger partial charge in [-0.3, -0.25) is 4.90 Å². The molecule has 7 heteroatoms. The first-order valence-corrected chi connectivity index (χ1v) is 8.57. The maximum atomic E-state index is 13.2. The molecular formula is C18H25FN4O2. The normalized spacial score (nSPS) is 19.4. The lowest BCUT2D eigenvalue weighted by molar-refractivity contribution is 0.000564. The number of halogens is 1. The van der Waals surface area contributed by atoms with Crippen molar-refractivity contribution >= 4 is 11.6 Å². The van der Waals surface area contributed by atoms with Gasteiger partial charge in [0.05, 0.1) is 5.52 Å². The number of carbonyl (C=O) groups is 1. The number of carbonyl (C=O) groups excluding carboxylic acids is 1. The van der Waals surface area contributed by atoms with Crippen molar-refractivity contribution in [2.24, 2.45) is 0 Å². The lowest BCUT2D eigenvalue weighted by Gasteiger charge is -2.40. The van der Waals surface area contributed by atoms with E-state index in [2.05, 4.69) is 10.00 Å². The zero-order valence-corrected chi connectivity index (χ0v) is 15.2. The van der Waals surface area contributed by atoms with Gasteiger partial charge in [-0.15, -0.1) is 5.10 Å². The fraction of sp³-hybridized carbons (Fsp3) is 0.556. The minimum absolute atomic E-state index is 0.0831. The number of fused-ring (bicyclic) bond motifs is 1. The Balaban J connectivity index is 1.61. The molecule has 1 atom stereocenters. The van der Waals surface area contributed by atoms with Crippen LogP contribution in [0.1, 0.15) is 33.3 Å². The molecule has 2 aromatic heterocycles. The van der Waals surface area contributed by atoms with Crippen LogP contribution in [0, 0.1) is 5.95 Å². The lowest BCUT2D eigenvalue weighted by Crippen LogP contribution is -2.54. The highest BCUT2D eigenvalue weighted by atomic mass is 19.1. The van der Waals surface area contributed by atoms with Crippen LogP contribution in [0.15, 0.2) is 24.4 Å². The number of hydrogen-bond acceptors (Lipinski definition) is 4. The number of rotatable bonds is 2. The first-order chi connectivity index (χ1) is 11.7. The maximum absolute atomic E-state index is 13.2. The van der Waals surface area contributed by atoms with Crippen LogP contribution < -0.4 is 0 Å². The van der Waals surface area contributed by atoms with Crippen molar-refractivity contribution in [3.05, 3.63) is 35.9 Å². The Morgan fingerprint density at radius 1 is 1.36 bits per heavy atom. The topological polar surface area (TPSA) is 50.1 Å². The molecule has 1 amide bonds. The van der Waals surface area contributed by atoms with E-state index in [9.17, 15) is 9.18 Å². The molecule has 6 nitrogen and oxygen atoms in total. The Hall–Kier alpha value is -2.15. The molecule has 0 unspecified atom stereocenters. The van der Waals surface area contributed by atoms with Crippen molar-refractivity contribution in [1.82, 2.24) is 19.4 Å². The molecule has 3 heterocycles. The second-order valence-electron chi connectivity index (χ2n) is 7.63. The van der Waals surface area contributed by atoms with Crippen LogP contribution in [0.3, 0.4) is 0 Å². The summed E-state index contributed by atoms with van der Waals surface area (Å²) in [4.78, 5) is 16.4. The first kappa shape index (κ1) is 17.7. The molecule has 1 fully saturated rings. The van der Waals surface area contributed by atoms with Crippen LogP contribution in [-0.4, -0.2) is 56.8 Å². The van der Waals surface area contributed by atoms with Crippen molar-refractivity contribution in [3.63, 3.8) is 0 Å². The fourth-order valence-electron chi connectivity index (χ4n) is 3.13. The number of piperazine rings is 1. The van der Waals surface area contributed by atoms with Gasteiger partial charge >= 0.3 is 6.09 Å². The highest BCUT2D eigenvalue weighted by molar-refractivity contribution is 5.68. The number of amides is 1. The van der Waals surface area contributed by atoms with Crippen LogP contribution in [-0.2, 0) is 11.3 Å². The molecule has 1 aliphatic rings. The summed E-state index contributed by atoms with van der Waals surface area (Å²) >= 11 is 0. The first-order valence-electron chi connectivity index (χ1n) is 8.57. The van der Waals surface area contributed by atoms with E-state index in [1.807, 2.05) is 39.8 Å². The van der Waals surface area contributed by atoms with E-state index in [0.29, 0.717) is 6.54 Å². The average Bonchev–Trinajstić information content (AvgIpc) is 2.84. The summed E-state index contributed by atoms with van der Waals surface area (Å²) in [7, 11) is 0. The fourth-order valence-corrected chi connectivity index (χ4v) is 3.13. The van der Waals surface area contributed by atoms with Gasteiger partial charge in [0.2, 0.25) is 5.95 Å². The van der Waals surface area contributed by atoms with Gasteiger partial charge in [-0.25, -0.2) is 9.31 Å². The summed E-state index contributed by atoms with van der Waals surface area (Å²) in [6, 6.07) is 5.40. The Labute approximate surface area is 147 Å². The maximum Gasteiger partial charge on any atom is 0.410 e. The SMILES string of the molecule is C[C@H]1CN(Cc2ccn3nc(F)cc3c2)CCN1C(=O)OC(C)(C)C. The number of aromatic nitrogens is 2. The van der Waals surface area contributed by atoms with Crippen LogP contribution in [0.2, 0.25) is 0 Å². The highest BCUT2D eigenvalue weighted by Crippen LogP contribution is 2.18. The molecule has 0 aromatic carbocycles. The molecular weight excluding hydrogens is 323 g/mol. The second-order valence-corrected chi connectivity index (χ2v) is 7.63. The van der Waals surface area contributed by atoms with Crippen molar-refractivity contribution in [3.8, 4) is 0 Å². The van der Waals surface area contributed by atoms with Gasteiger partial charge in [0.15, 0.2) is 0 Å².